The number of rotatable bonds is 4. The molecule has 0 amide bonds. The topological polar surface area (TPSA) is 43.8 Å². The highest BCUT2D eigenvalue weighted by Gasteiger charge is 2.35. The summed E-state index contributed by atoms with van der Waals surface area (Å²) in [5, 5.41) is 7.09. The molecule has 2 saturated heterocycles. The minimum absolute atomic E-state index is 0. The molecule has 2 aliphatic heterocycles. The maximum Gasteiger partial charge on any atom is 0.193 e. The standard InChI is InChI=1S/C21H35N5S.HI/c1-16-24-20(15-27-16)14-25-9-7-17(8-10-25)11-23-21(22-2)26-12-18-5-3-4-6-19(18)13-26;/h15,17-19H,3-14H2,1-2H3,(H,22,23);1H. The fourth-order valence-corrected chi connectivity index (χ4v) is 5.81. The molecule has 3 heterocycles. The van der Waals surface area contributed by atoms with Gasteiger partial charge in [-0.2, -0.15) is 0 Å². The maximum atomic E-state index is 4.61. The first-order valence-electron chi connectivity index (χ1n) is 10.8. The van der Waals surface area contributed by atoms with Crippen molar-refractivity contribution in [3.05, 3.63) is 16.1 Å². The second-order valence-electron chi connectivity index (χ2n) is 8.72. The van der Waals surface area contributed by atoms with E-state index < -0.39 is 0 Å². The summed E-state index contributed by atoms with van der Waals surface area (Å²) in [5.74, 6) is 3.73. The Hall–Kier alpha value is -0.410. The smallest absolute Gasteiger partial charge is 0.193 e. The molecule has 1 aliphatic carbocycles. The van der Waals surface area contributed by atoms with E-state index in [1.807, 2.05) is 7.05 Å². The number of piperidine rings is 1. The molecular formula is C21H36IN5S. The van der Waals surface area contributed by atoms with E-state index in [1.54, 1.807) is 11.3 Å². The van der Waals surface area contributed by atoms with Crippen molar-refractivity contribution in [3.8, 4) is 0 Å². The molecule has 7 heteroatoms. The molecule has 0 spiro atoms. The van der Waals surface area contributed by atoms with Gasteiger partial charge in [0.25, 0.3) is 0 Å². The fraction of sp³-hybridized carbons (Fsp3) is 0.810. The number of nitrogens with zero attached hydrogens (tertiary/aromatic N) is 4. The first-order valence-corrected chi connectivity index (χ1v) is 11.7. The van der Waals surface area contributed by atoms with Crippen molar-refractivity contribution in [2.45, 2.75) is 52.0 Å². The molecule has 0 aromatic carbocycles. The van der Waals surface area contributed by atoms with Crippen molar-refractivity contribution in [2.75, 3.05) is 39.8 Å². The minimum atomic E-state index is 0. The van der Waals surface area contributed by atoms with Crippen LogP contribution in [0.3, 0.4) is 0 Å². The van der Waals surface area contributed by atoms with Crippen LogP contribution in [-0.4, -0.2) is 60.5 Å². The van der Waals surface area contributed by atoms with Gasteiger partial charge in [-0.3, -0.25) is 9.89 Å². The second-order valence-corrected chi connectivity index (χ2v) is 9.78. The summed E-state index contributed by atoms with van der Waals surface area (Å²) in [4.78, 5) is 14.3. The summed E-state index contributed by atoms with van der Waals surface area (Å²) in [6.45, 7) is 9.00. The predicted octanol–water partition coefficient (Wildman–Crippen LogP) is 3.98. The number of nitrogens with one attached hydrogen (secondary N) is 1. The molecule has 28 heavy (non-hydrogen) atoms. The van der Waals surface area contributed by atoms with Gasteiger partial charge in [0, 0.05) is 38.6 Å². The summed E-state index contributed by atoms with van der Waals surface area (Å²) in [7, 11) is 1.95. The van der Waals surface area contributed by atoms with Crippen molar-refractivity contribution in [1.82, 2.24) is 20.1 Å². The number of likely N-dealkylation sites (tertiary alicyclic amines) is 2. The number of hydrogen-bond donors (Lipinski definition) is 1. The quantitative estimate of drug-likeness (QED) is 0.373. The molecule has 0 radical (unpaired) electrons. The molecular weight excluding hydrogens is 481 g/mol. The summed E-state index contributed by atoms with van der Waals surface area (Å²) in [6.07, 6.45) is 8.27. The SMILES string of the molecule is CN=C(NCC1CCN(Cc2csc(C)n2)CC1)N1CC2CCCCC2C1.I. The van der Waals surface area contributed by atoms with Gasteiger partial charge in [-0.05, 0) is 63.5 Å². The van der Waals surface area contributed by atoms with Gasteiger partial charge in [0.05, 0.1) is 10.7 Å². The zero-order valence-electron chi connectivity index (χ0n) is 17.4. The van der Waals surface area contributed by atoms with Gasteiger partial charge in [-0.25, -0.2) is 4.98 Å². The Kier molecular flexibility index (Phi) is 8.41. The van der Waals surface area contributed by atoms with Gasteiger partial charge in [0.2, 0.25) is 0 Å². The zero-order chi connectivity index (χ0) is 18.6. The van der Waals surface area contributed by atoms with Gasteiger partial charge in [-0.15, -0.1) is 35.3 Å². The van der Waals surface area contributed by atoms with Crippen LogP contribution in [0.5, 0.6) is 0 Å². The lowest BCUT2D eigenvalue weighted by Gasteiger charge is -2.32. The van der Waals surface area contributed by atoms with Crippen LogP contribution in [0.15, 0.2) is 10.4 Å². The summed E-state index contributed by atoms with van der Waals surface area (Å²) < 4.78 is 0. The Balaban J connectivity index is 0.00000225. The zero-order valence-corrected chi connectivity index (χ0v) is 20.5. The molecule has 1 aromatic rings. The van der Waals surface area contributed by atoms with Gasteiger partial charge >= 0.3 is 0 Å². The highest BCUT2D eigenvalue weighted by molar-refractivity contribution is 14.0. The molecule has 5 nitrogen and oxygen atoms in total. The van der Waals surface area contributed by atoms with Gasteiger partial charge in [0.15, 0.2) is 5.96 Å². The largest absolute Gasteiger partial charge is 0.356 e. The first kappa shape index (κ1) is 22.3. The lowest BCUT2D eigenvalue weighted by atomic mass is 9.82. The van der Waals surface area contributed by atoms with Crippen LogP contribution in [0.25, 0.3) is 0 Å². The number of fused-ring (bicyclic) bond motifs is 1. The monoisotopic (exact) mass is 517 g/mol. The number of hydrogen-bond acceptors (Lipinski definition) is 4. The van der Waals surface area contributed by atoms with Crippen LogP contribution in [-0.2, 0) is 6.54 Å². The highest BCUT2D eigenvalue weighted by atomic mass is 127. The van der Waals surface area contributed by atoms with Crippen molar-refractivity contribution >= 4 is 41.3 Å². The molecule has 0 bridgehead atoms. The van der Waals surface area contributed by atoms with E-state index in [9.17, 15) is 0 Å². The number of aliphatic imine (C=N–C) groups is 1. The average molecular weight is 518 g/mol. The van der Waals surface area contributed by atoms with Crippen molar-refractivity contribution in [2.24, 2.45) is 22.7 Å². The third-order valence-corrected chi connectivity index (χ3v) is 7.62. The molecule has 158 valence electrons. The van der Waals surface area contributed by atoms with Crippen molar-refractivity contribution < 1.29 is 0 Å². The maximum absolute atomic E-state index is 4.61. The molecule has 4 rings (SSSR count). The third kappa shape index (κ3) is 5.59. The van der Waals surface area contributed by atoms with Crippen LogP contribution in [0, 0.1) is 24.7 Å². The third-order valence-electron chi connectivity index (χ3n) is 6.80. The highest BCUT2D eigenvalue weighted by Crippen LogP contribution is 2.36. The number of guanidine groups is 1. The number of halogens is 1. The summed E-state index contributed by atoms with van der Waals surface area (Å²) in [5.41, 5.74) is 1.24. The number of aryl methyl sites for hydroxylation is 1. The number of thiazole rings is 1. The van der Waals surface area contributed by atoms with Gasteiger partial charge < -0.3 is 10.2 Å². The summed E-state index contributed by atoms with van der Waals surface area (Å²) >= 11 is 1.76. The Morgan fingerprint density at radius 1 is 1.18 bits per heavy atom. The Morgan fingerprint density at radius 2 is 1.86 bits per heavy atom. The van der Waals surface area contributed by atoms with Gasteiger partial charge in [-0.1, -0.05) is 12.8 Å². The molecule has 3 aliphatic rings. The molecule has 1 aromatic heterocycles. The first-order chi connectivity index (χ1) is 13.2. The molecule has 2 atom stereocenters. The molecule has 1 N–H and O–H groups in total. The van der Waals surface area contributed by atoms with Crippen molar-refractivity contribution in [1.29, 1.82) is 0 Å². The Labute approximate surface area is 191 Å². The molecule has 1 saturated carbocycles. The van der Waals surface area contributed by atoms with E-state index in [0.717, 1.165) is 36.8 Å². The average Bonchev–Trinajstić information content (AvgIpc) is 3.29. The van der Waals surface area contributed by atoms with E-state index >= 15 is 0 Å². The minimum Gasteiger partial charge on any atom is -0.356 e. The van der Waals surface area contributed by atoms with E-state index in [0.29, 0.717) is 0 Å². The molecule has 2 unspecified atom stereocenters. The van der Waals surface area contributed by atoms with Crippen LogP contribution >= 0.6 is 35.3 Å². The number of aromatic nitrogens is 1. The predicted molar refractivity (Wildman–Crippen MR) is 129 cm³/mol. The van der Waals surface area contributed by atoms with E-state index in [-0.39, 0.29) is 24.0 Å². The lowest BCUT2D eigenvalue weighted by molar-refractivity contribution is 0.176. The molecule has 3 fully saturated rings. The second kappa shape index (κ2) is 10.6. The van der Waals surface area contributed by atoms with E-state index in [1.165, 1.54) is 75.4 Å². The Bertz CT molecular complexity index is 626. The summed E-state index contributed by atoms with van der Waals surface area (Å²) in [6, 6.07) is 0. The normalized spacial score (nSPS) is 26.8. The van der Waals surface area contributed by atoms with Crippen LogP contribution < -0.4 is 5.32 Å². The van der Waals surface area contributed by atoms with Crippen LogP contribution in [0.1, 0.15) is 49.2 Å². The van der Waals surface area contributed by atoms with Crippen molar-refractivity contribution in [3.63, 3.8) is 0 Å². The van der Waals surface area contributed by atoms with Crippen LogP contribution in [0.2, 0.25) is 0 Å². The van der Waals surface area contributed by atoms with E-state index in [4.69, 9.17) is 0 Å². The Morgan fingerprint density at radius 3 is 2.43 bits per heavy atom. The van der Waals surface area contributed by atoms with E-state index in [2.05, 4.69) is 37.4 Å². The fourth-order valence-electron chi connectivity index (χ4n) is 5.21. The van der Waals surface area contributed by atoms with Crippen LogP contribution in [0.4, 0.5) is 0 Å². The van der Waals surface area contributed by atoms with Gasteiger partial charge in [0.1, 0.15) is 0 Å². The lowest BCUT2D eigenvalue weighted by Crippen LogP contribution is -2.44.